The number of nitrogens with zero attached hydrogens (tertiary/aromatic N) is 2. The number of anilines is 1. The molecule has 5 nitrogen and oxygen atoms in total. The van der Waals surface area contributed by atoms with Gasteiger partial charge in [0.2, 0.25) is 0 Å². The predicted octanol–water partition coefficient (Wildman–Crippen LogP) is 3.82. The molecule has 0 saturated carbocycles. The summed E-state index contributed by atoms with van der Waals surface area (Å²) in [5.74, 6) is -0.580. The van der Waals surface area contributed by atoms with Crippen molar-refractivity contribution < 1.29 is 21.6 Å². The highest BCUT2D eigenvalue weighted by Gasteiger charge is 2.27. The van der Waals surface area contributed by atoms with Crippen LogP contribution in [0.3, 0.4) is 0 Å². The monoisotopic (exact) mass is 375 g/mol. The summed E-state index contributed by atoms with van der Waals surface area (Å²) in [5.41, 5.74) is -0.660. The number of alkyl halides is 2. The van der Waals surface area contributed by atoms with E-state index >= 15 is 0 Å². The van der Waals surface area contributed by atoms with Crippen molar-refractivity contribution >= 4 is 37.1 Å². The van der Waals surface area contributed by atoms with Crippen molar-refractivity contribution in [2.45, 2.75) is 18.2 Å². The van der Waals surface area contributed by atoms with Crippen LogP contribution < -0.4 is 4.72 Å². The van der Waals surface area contributed by atoms with Crippen molar-refractivity contribution in [2.75, 3.05) is 4.72 Å². The minimum absolute atomic E-state index is 0.162. The van der Waals surface area contributed by atoms with Gasteiger partial charge in [0.25, 0.3) is 16.4 Å². The number of aromatic nitrogens is 2. The summed E-state index contributed by atoms with van der Waals surface area (Å²) in [6, 6.07) is 3.79. The first kappa shape index (κ1) is 16.8. The molecule has 2 heterocycles. The Morgan fingerprint density at radius 2 is 2.04 bits per heavy atom. The number of hydrogen-bond donors (Lipinski definition) is 1. The lowest BCUT2D eigenvalue weighted by Crippen LogP contribution is -2.14. The Hall–Kier alpha value is -2.07. The minimum Gasteiger partial charge on any atom is -0.276 e. The van der Waals surface area contributed by atoms with Gasteiger partial charge in [0, 0.05) is 22.5 Å². The summed E-state index contributed by atoms with van der Waals surface area (Å²) in [4.78, 5) is -0.162. The van der Waals surface area contributed by atoms with E-state index in [4.69, 9.17) is 0 Å². The lowest BCUT2D eigenvalue weighted by atomic mass is 10.2. The Morgan fingerprint density at radius 1 is 1.33 bits per heavy atom. The van der Waals surface area contributed by atoms with Crippen molar-refractivity contribution in [2.24, 2.45) is 7.05 Å². The minimum atomic E-state index is -4.17. The molecule has 1 aromatic carbocycles. The van der Waals surface area contributed by atoms with E-state index in [1.54, 1.807) is 0 Å². The van der Waals surface area contributed by atoms with Crippen molar-refractivity contribution in [3.05, 3.63) is 40.8 Å². The van der Waals surface area contributed by atoms with Crippen molar-refractivity contribution in [1.82, 2.24) is 9.78 Å². The number of benzene rings is 1. The molecule has 2 aromatic heterocycles. The number of thiophene rings is 1. The number of hydrogen-bond acceptors (Lipinski definition) is 4. The molecule has 128 valence electrons. The first-order valence-electron chi connectivity index (χ1n) is 6.72. The van der Waals surface area contributed by atoms with Crippen LogP contribution in [0.15, 0.2) is 28.5 Å². The maximum atomic E-state index is 13.4. The van der Waals surface area contributed by atoms with E-state index < -0.39 is 28.0 Å². The van der Waals surface area contributed by atoms with Gasteiger partial charge in [0.15, 0.2) is 5.69 Å². The van der Waals surface area contributed by atoms with Crippen molar-refractivity contribution in [1.29, 1.82) is 0 Å². The third-order valence-corrected chi connectivity index (χ3v) is 6.10. The molecule has 0 saturated heterocycles. The van der Waals surface area contributed by atoms with Crippen LogP contribution >= 0.6 is 11.3 Å². The Labute approximate surface area is 139 Å². The van der Waals surface area contributed by atoms with Crippen LogP contribution in [0.2, 0.25) is 0 Å². The van der Waals surface area contributed by atoms with Crippen LogP contribution in [0.4, 0.5) is 18.9 Å². The van der Waals surface area contributed by atoms with E-state index in [-0.39, 0.29) is 21.7 Å². The third kappa shape index (κ3) is 2.75. The fourth-order valence-electron chi connectivity index (χ4n) is 2.29. The van der Waals surface area contributed by atoms with Crippen molar-refractivity contribution in [3.63, 3.8) is 0 Å². The SMILES string of the molecule is Cc1c(NS(=O)(=O)c2csc3ccc(F)cc23)c(C(F)F)nn1C. The first-order chi connectivity index (χ1) is 11.2. The second kappa shape index (κ2) is 5.78. The van der Waals surface area contributed by atoms with Crippen molar-refractivity contribution in [3.8, 4) is 0 Å². The summed E-state index contributed by atoms with van der Waals surface area (Å²) < 4.78 is 68.7. The standard InChI is InChI=1S/C14H12F3N3O2S2/c1-7-12(13(14(16)17)18-20(7)2)19-24(21,22)11-6-23-10-4-3-8(15)5-9(10)11/h3-6,14,19H,1-2H3. The van der Waals surface area contributed by atoms with E-state index in [0.717, 1.165) is 17.4 Å². The second-order valence-electron chi connectivity index (χ2n) is 5.12. The van der Waals surface area contributed by atoms with Gasteiger partial charge in [-0.2, -0.15) is 5.10 Å². The number of fused-ring (bicyclic) bond motifs is 1. The normalized spacial score (nSPS) is 12.2. The number of halogens is 3. The molecule has 0 aliphatic rings. The molecule has 0 amide bonds. The van der Waals surface area contributed by atoms with Crippen LogP contribution in [-0.2, 0) is 17.1 Å². The molecule has 0 atom stereocenters. The average Bonchev–Trinajstić information content (AvgIpc) is 3.03. The first-order valence-corrected chi connectivity index (χ1v) is 9.08. The van der Waals surface area contributed by atoms with Gasteiger partial charge in [-0.05, 0) is 25.1 Å². The number of sulfonamides is 1. The quantitative estimate of drug-likeness (QED) is 0.754. The molecular formula is C14H12F3N3O2S2. The maximum Gasteiger partial charge on any atom is 0.284 e. The summed E-state index contributed by atoms with van der Waals surface area (Å²) in [6.07, 6.45) is -2.93. The molecule has 0 unspecified atom stereocenters. The van der Waals surface area contributed by atoms with Gasteiger partial charge in [0.1, 0.15) is 10.7 Å². The van der Waals surface area contributed by atoms with Gasteiger partial charge in [-0.3, -0.25) is 9.40 Å². The molecule has 0 bridgehead atoms. The summed E-state index contributed by atoms with van der Waals surface area (Å²) in [7, 11) is -2.73. The molecular weight excluding hydrogens is 363 g/mol. The third-order valence-electron chi connectivity index (χ3n) is 3.59. The molecule has 0 spiro atoms. The zero-order chi connectivity index (χ0) is 17.6. The summed E-state index contributed by atoms with van der Waals surface area (Å²) >= 11 is 1.13. The fraction of sp³-hybridized carbons (Fsp3) is 0.214. The van der Waals surface area contributed by atoms with E-state index in [2.05, 4.69) is 9.82 Å². The van der Waals surface area contributed by atoms with E-state index in [9.17, 15) is 21.6 Å². The zero-order valence-corrected chi connectivity index (χ0v) is 14.2. The van der Waals surface area contributed by atoms with Gasteiger partial charge in [0.05, 0.1) is 11.4 Å². The highest BCUT2D eigenvalue weighted by molar-refractivity contribution is 7.93. The van der Waals surface area contributed by atoms with Crippen LogP contribution in [0.25, 0.3) is 10.1 Å². The molecule has 10 heteroatoms. The summed E-state index contributed by atoms with van der Waals surface area (Å²) in [5, 5.41) is 5.18. The highest BCUT2D eigenvalue weighted by Crippen LogP contribution is 2.34. The topological polar surface area (TPSA) is 64.0 Å². The largest absolute Gasteiger partial charge is 0.284 e. The van der Waals surface area contributed by atoms with Gasteiger partial charge in [-0.15, -0.1) is 11.3 Å². The van der Waals surface area contributed by atoms with Crippen LogP contribution in [0.1, 0.15) is 17.8 Å². The summed E-state index contributed by atoms with van der Waals surface area (Å²) in [6.45, 7) is 1.47. The number of aryl methyl sites for hydroxylation is 1. The average molecular weight is 375 g/mol. The van der Waals surface area contributed by atoms with Crippen LogP contribution in [0, 0.1) is 12.7 Å². The molecule has 0 aliphatic heterocycles. The van der Waals surface area contributed by atoms with Gasteiger partial charge in [-0.25, -0.2) is 21.6 Å². The molecule has 1 N–H and O–H groups in total. The molecule has 3 aromatic rings. The fourth-order valence-corrected chi connectivity index (χ4v) is 4.90. The Morgan fingerprint density at radius 3 is 2.71 bits per heavy atom. The highest BCUT2D eigenvalue weighted by atomic mass is 32.2. The molecule has 0 radical (unpaired) electrons. The number of nitrogens with one attached hydrogen (secondary N) is 1. The predicted molar refractivity (Wildman–Crippen MR) is 85.5 cm³/mol. The Balaban J connectivity index is 2.11. The van der Waals surface area contributed by atoms with Gasteiger partial charge < -0.3 is 0 Å². The Bertz CT molecular complexity index is 1030. The van der Waals surface area contributed by atoms with E-state index in [0.29, 0.717) is 4.70 Å². The zero-order valence-electron chi connectivity index (χ0n) is 12.5. The Kier molecular flexibility index (Phi) is 4.04. The van der Waals surface area contributed by atoms with Gasteiger partial charge in [-0.1, -0.05) is 0 Å². The molecule has 3 rings (SSSR count). The van der Waals surface area contributed by atoms with Gasteiger partial charge >= 0.3 is 0 Å². The molecule has 24 heavy (non-hydrogen) atoms. The lowest BCUT2D eigenvalue weighted by Gasteiger charge is -2.08. The lowest BCUT2D eigenvalue weighted by molar-refractivity contribution is 0.146. The van der Waals surface area contributed by atoms with Crippen LogP contribution in [0.5, 0.6) is 0 Å². The van der Waals surface area contributed by atoms with E-state index in [1.165, 1.54) is 36.2 Å². The van der Waals surface area contributed by atoms with Crippen LogP contribution in [-0.4, -0.2) is 18.2 Å². The smallest absolute Gasteiger partial charge is 0.276 e. The number of rotatable bonds is 4. The molecule has 0 aliphatic carbocycles. The maximum absolute atomic E-state index is 13.4. The van der Waals surface area contributed by atoms with E-state index in [1.807, 2.05) is 0 Å². The second-order valence-corrected chi connectivity index (χ2v) is 7.68. The molecule has 0 fully saturated rings.